The normalized spacial score (nSPS) is 11.9. The van der Waals surface area contributed by atoms with Crippen LogP contribution in [0.1, 0.15) is 45.1 Å². The first-order chi connectivity index (χ1) is 10.6. The van der Waals surface area contributed by atoms with Gasteiger partial charge in [0.05, 0.1) is 28.4 Å². The third-order valence-electron chi connectivity index (χ3n) is 4.16. The summed E-state index contributed by atoms with van der Waals surface area (Å²) in [4.78, 5) is 0. The van der Waals surface area contributed by atoms with E-state index in [1.807, 2.05) is 6.07 Å². The molecule has 0 aliphatic rings. The fourth-order valence-electron chi connectivity index (χ4n) is 2.60. The van der Waals surface area contributed by atoms with Crippen molar-refractivity contribution in [3.63, 3.8) is 0 Å². The Hall–Kier alpha value is -1.58. The second kappa shape index (κ2) is 9.44. The lowest BCUT2D eigenvalue weighted by Gasteiger charge is -2.18. The standard InChI is InChI=1S/C18H30O4/c1-7-13(2)10-8-9-11-14-12-15(19-3)17(21-5)18(22-6)16(14)20-4/h12-13H,7-11H2,1-6H3. The molecule has 1 aromatic carbocycles. The minimum Gasteiger partial charge on any atom is -0.493 e. The lowest BCUT2D eigenvalue weighted by molar-refractivity contribution is 0.303. The van der Waals surface area contributed by atoms with E-state index >= 15 is 0 Å². The molecule has 0 aliphatic heterocycles. The quantitative estimate of drug-likeness (QED) is 0.597. The topological polar surface area (TPSA) is 36.9 Å². The predicted octanol–water partition coefficient (Wildman–Crippen LogP) is 4.48. The third-order valence-corrected chi connectivity index (χ3v) is 4.16. The van der Waals surface area contributed by atoms with E-state index in [-0.39, 0.29) is 0 Å². The van der Waals surface area contributed by atoms with Gasteiger partial charge in [0.2, 0.25) is 11.5 Å². The maximum absolute atomic E-state index is 5.55. The zero-order valence-corrected chi connectivity index (χ0v) is 14.8. The van der Waals surface area contributed by atoms with E-state index < -0.39 is 0 Å². The van der Waals surface area contributed by atoms with Crippen molar-refractivity contribution in [2.24, 2.45) is 5.92 Å². The van der Waals surface area contributed by atoms with Crippen molar-refractivity contribution in [3.05, 3.63) is 11.6 Å². The van der Waals surface area contributed by atoms with Crippen LogP contribution in [0.15, 0.2) is 6.07 Å². The summed E-state index contributed by atoms with van der Waals surface area (Å²) in [6.45, 7) is 4.55. The van der Waals surface area contributed by atoms with Crippen LogP contribution in [0, 0.1) is 5.92 Å². The number of aryl methyl sites for hydroxylation is 1. The van der Waals surface area contributed by atoms with Gasteiger partial charge in [-0.05, 0) is 24.8 Å². The Morgan fingerprint density at radius 3 is 2.00 bits per heavy atom. The number of benzene rings is 1. The van der Waals surface area contributed by atoms with Gasteiger partial charge in [-0.3, -0.25) is 0 Å². The number of hydrogen-bond acceptors (Lipinski definition) is 4. The second-order valence-electron chi connectivity index (χ2n) is 5.60. The summed E-state index contributed by atoms with van der Waals surface area (Å²) in [6, 6.07) is 1.99. The molecular weight excluding hydrogens is 280 g/mol. The Morgan fingerprint density at radius 2 is 1.50 bits per heavy atom. The predicted molar refractivity (Wildman–Crippen MR) is 89.7 cm³/mol. The first-order valence-corrected chi connectivity index (χ1v) is 7.98. The van der Waals surface area contributed by atoms with Crippen molar-refractivity contribution >= 4 is 0 Å². The van der Waals surface area contributed by atoms with Crippen molar-refractivity contribution < 1.29 is 18.9 Å². The average Bonchev–Trinajstić information content (AvgIpc) is 2.56. The molecule has 1 unspecified atom stereocenters. The molecule has 0 bridgehead atoms. The van der Waals surface area contributed by atoms with Crippen LogP contribution in [-0.2, 0) is 6.42 Å². The van der Waals surface area contributed by atoms with Gasteiger partial charge in [-0.2, -0.15) is 0 Å². The number of hydrogen-bond donors (Lipinski definition) is 0. The third kappa shape index (κ3) is 4.46. The van der Waals surface area contributed by atoms with E-state index in [1.54, 1.807) is 28.4 Å². The highest BCUT2D eigenvalue weighted by Gasteiger charge is 2.21. The molecule has 0 aliphatic carbocycles. The summed E-state index contributed by atoms with van der Waals surface area (Å²) >= 11 is 0. The lowest BCUT2D eigenvalue weighted by atomic mass is 9.98. The van der Waals surface area contributed by atoms with E-state index in [0.717, 1.165) is 30.1 Å². The molecule has 1 atom stereocenters. The van der Waals surface area contributed by atoms with Crippen LogP contribution in [0.2, 0.25) is 0 Å². The summed E-state index contributed by atoms with van der Waals surface area (Å²) in [5.74, 6) is 3.38. The maximum Gasteiger partial charge on any atom is 0.207 e. The van der Waals surface area contributed by atoms with Crippen LogP contribution in [0.25, 0.3) is 0 Å². The lowest BCUT2D eigenvalue weighted by Crippen LogP contribution is -2.02. The fourth-order valence-corrected chi connectivity index (χ4v) is 2.60. The minimum atomic E-state index is 0.574. The monoisotopic (exact) mass is 310 g/mol. The molecule has 126 valence electrons. The van der Waals surface area contributed by atoms with E-state index in [4.69, 9.17) is 18.9 Å². The summed E-state index contributed by atoms with van der Waals surface area (Å²) in [5, 5.41) is 0. The van der Waals surface area contributed by atoms with Gasteiger partial charge in [-0.15, -0.1) is 0 Å². The maximum atomic E-state index is 5.55. The van der Waals surface area contributed by atoms with Gasteiger partial charge in [0.15, 0.2) is 11.5 Å². The molecule has 0 spiro atoms. The highest BCUT2D eigenvalue weighted by molar-refractivity contribution is 5.62. The van der Waals surface area contributed by atoms with Crippen LogP contribution in [0.5, 0.6) is 23.0 Å². The molecule has 4 nitrogen and oxygen atoms in total. The summed E-state index contributed by atoms with van der Waals surface area (Å²) in [7, 11) is 6.51. The Bertz CT molecular complexity index is 457. The van der Waals surface area contributed by atoms with E-state index in [2.05, 4.69) is 13.8 Å². The summed E-state index contributed by atoms with van der Waals surface area (Å²) < 4.78 is 21.8. The van der Waals surface area contributed by atoms with Crippen molar-refractivity contribution in [3.8, 4) is 23.0 Å². The van der Waals surface area contributed by atoms with Crippen molar-refractivity contribution in [1.82, 2.24) is 0 Å². The van der Waals surface area contributed by atoms with Gasteiger partial charge in [-0.1, -0.05) is 33.1 Å². The molecule has 0 amide bonds. The summed E-state index contributed by atoms with van der Waals surface area (Å²) in [5.41, 5.74) is 1.10. The van der Waals surface area contributed by atoms with Gasteiger partial charge in [0, 0.05) is 5.56 Å². The number of ether oxygens (including phenoxy) is 4. The van der Waals surface area contributed by atoms with E-state index in [1.165, 1.54) is 19.3 Å². The van der Waals surface area contributed by atoms with Crippen molar-refractivity contribution in [2.75, 3.05) is 28.4 Å². The molecule has 22 heavy (non-hydrogen) atoms. The molecule has 0 aromatic heterocycles. The minimum absolute atomic E-state index is 0.574. The SMILES string of the molecule is CCC(C)CCCCc1cc(OC)c(OC)c(OC)c1OC. The zero-order valence-electron chi connectivity index (χ0n) is 14.8. The van der Waals surface area contributed by atoms with Crippen LogP contribution < -0.4 is 18.9 Å². The highest BCUT2D eigenvalue weighted by Crippen LogP contribution is 2.46. The van der Waals surface area contributed by atoms with Crippen LogP contribution >= 0.6 is 0 Å². The van der Waals surface area contributed by atoms with E-state index in [0.29, 0.717) is 17.2 Å². The smallest absolute Gasteiger partial charge is 0.207 e. The first kappa shape index (κ1) is 18.5. The van der Waals surface area contributed by atoms with Crippen molar-refractivity contribution in [1.29, 1.82) is 0 Å². The highest BCUT2D eigenvalue weighted by atomic mass is 16.5. The van der Waals surface area contributed by atoms with Crippen LogP contribution in [-0.4, -0.2) is 28.4 Å². The Labute approximate surface area is 134 Å². The molecule has 4 heteroatoms. The Balaban J connectivity index is 2.93. The van der Waals surface area contributed by atoms with Crippen LogP contribution in [0.3, 0.4) is 0 Å². The largest absolute Gasteiger partial charge is 0.493 e. The average molecular weight is 310 g/mol. The Kier molecular flexibility index (Phi) is 7.92. The fraction of sp³-hybridized carbons (Fsp3) is 0.667. The molecule has 0 heterocycles. The number of methoxy groups -OCH3 is 4. The first-order valence-electron chi connectivity index (χ1n) is 7.98. The second-order valence-corrected chi connectivity index (χ2v) is 5.60. The number of unbranched alkanes of at least 4 members (excludes halogenated alkanes) is 1. The number of rotatable bonds is 10. The molecule has 1 rings (SSSR count). The van der Waals surface area contributed by atoms with Gasteiger partial charge in [-0.25, -0.2) is 0 Å². The zero-order chi connectivity index (χ0) is 16.5. The van der Waals surface area contributed by atoms with E-state index in [9.17, 15) is 0 Å². The molecule has 1 aromatic rings. The van der Waals surface area contributed by atoms with Crippen LogP contribution in [0.4, 0.5) is 0 Å². The molecular formula is C18H30O4. The van der Waals surface area contributed by atoms with Gasteiger partial charge >= 0.3 is 0 Å². The summed E-state index contributed by atoms with van der Waals surface area (Å²) in [6.07, 6.45) is 5.79. The molecule has 0 fully saturated rings. The van der Waals surface area contributed by atoms with Gasteiger partial charge in [0.1, 0.15) is 0 Å². The molecule has 0 saturated carbocycles. The van der Waals surface area contributed by atoms with Gasteiger partial charge < -0.3 is 18.9 Å². The Morgan fingerprint density at radius 1 is 0.864 bits per heavy atom. The molecule has 0 saturated heterocycles. The molecule has 0 radical (unpaired) electrons. The molecule has 0 N–H and O–H groups in total. The van der Waals surface area contributed by atoms with Gasteiger partial charge in [0.25, 0.3) is 0 Å². The van der Waals surface area contributed by atoms with Crippen molar-refractivity contribution in [2.45, 2.75) is 46.0 Å².